The Balaban J connectivity index is 2.17. The molecule has 1 aromatic rings. The van der Waals surface area contributed by atoms with Crippen LogP contribution in [0.25, 0.3) is 0 Å². The highest BCUT2D eigenvalue weighted by molar-refractivity contribution is 5.71. The Labute approximate surface area is 137 Å². The summed E-state index contributed by atoms with van der Waals surface area (Å²) in [4.78, 5) is 23.9. The number of amides is 1. The molecule has 0 unspecified atom stereocenters. The van der Waals surface area contributed by atoms with E-state index in [1.54, 1.807) is 20.8 Å². The normalized spacial score (nSPS) is 22.4. The standard InChI is InChI=1S/C18H25NO4/c1-17(2,3)23-16(21)19-15(12-14-8-5-4-6-9-14)18(13-20)10-7-11-22-18/h4-6,8-9,13,15H,7,10-12H2,1-3H3,(H,19,21)/t15-,18+/m0/s1. The minimum atomic E-state index is -0.979. The molecule has 2 rings (SSSR count). The van der Waals surface area contributed by atoms with Crippen molar-refractivity contribution in [2.45, 2.75) is 57.3 Å². The average Bonchev–Trinajstić information content (AvgIpc) is 2.96. The molecule has 23 heavy (non-hydrogen) atoms. The van der Waals surface area contributed by atoms with Crippen molar-refractivity contribution >= 4 is 12.4 Å². The lowest BCUT2D eigenvalue weighted by molar-refractivity contribution is -0.128. The molecular weight excluding hydrogens is 294 g/mol. The molecule has 0 aliphatic carbocycles. The number of carbonyl (C=O) groups is 2. The number of benzene rings is 1. The maximum absolute atomic E-state index is 12.2. The summed E-state index contributed by atoms with van der Waals surface area (Å²) in [6, 6.07) is 9.28. The Morgan fingerprint density at radius 2 is 2.09 bits per heavy atom. The third-order valence-corrected chi connectivity index (χ3v) is 3.85. The summed E-state index contributed by atoms with van der Waals surface area (Å²) in [5, 5.41) is 2.84. The van der Waals surface area contributed by atoms with Crippen LogP contribution in [0.4, 0.5) is 4.79 Å². The third-order valence-electron chi connectivity index (χ3n) is 3.85. The Kier molecular flexibility index (Phi) is 5.42. The zero-order chi connectivity index (χ0) is 16.9. The molecule has 5 heteroatoms. The fraction of sp³-hybridized carbons (Fsp3) is 0.556. The van der Waals surface area contributed by atoms with Crippen molar-refractivity contribution in [3.05, 3.63) is 35.9 Å². The second kappa shape index (κ2) is 7.13. The highest BCUT2D eigenvalue weighted by Crippen LogP contribution is 2.29. The minimum absolute atomic E-state index is 0.459. The minimum Gasteiger partial charge on any atom is -0.444 e. The van der Waals surface area contributed by atoms with Crippen LogP contribution in [0.5, 0.6) is 0 Å². The van der Waals surface area contributed by atoms with E-state index in [9.17, 15) is 9.59 Å². The number of alkyl carbamates (subject to hydrolysis) is 1. The smallest absolute Gasteiger partial charge is 0.407 e. The van der Waals surface area contributed by atoms with Crippen LogP contribution in [0.1, 0.15) is 39.2 Å². The summed E-state index contributed by atoms with van der Waals surface area (Å²) in [7, 11) is 0. The van der Waals surface area contributed by atoms with Gasteiger partial charge in [-0.05, 0) is 45.6 Å². The van der Waals surface area contributed by atoms with Crippen molar-refractivity contribution in [3.63, 3.8) is 0 Å². The zero-order valence-electron chi connectivity index (χ0n) is 14.0. The van der Waals surface area contributed by atoms with Gasteiger partial charge in [-0.3, -0.25) is 0 Å². The Morgan fingerprint density at radius 1 is 1.39 bits per heavy atom. The lowest BCUT2D eigenvalue weighted by Gasteiger charge is -2.33. The first-order valence-electron chi connectivity index (χ1n) is 7.98. The van der Waals surface area contributed by atoms with E-state index in [4.69, 9.17) is 9.47 Å². The van der Waals surface area contributed by atoms with E-state index in [0.717, 1.165) is 18.3 Å². The maximum Gasteiger partial charge on any atom is 0.407 e. The molecule has 5 nitrogen and oxygen atoms in total. The molecule has 0 saturated carbocycles. The van der Waals surface area contributed by atoms with Crippen LogP contribution in [0.3, 0.4) is 0 Å². The highest BCUT2D eigenvalue weighted by Gasteiger charge is 2.44. The van der Waals surface area contributed by atoms with Gasteiger partial charge in [-0.1, -0.05) is 30.3 Å². The summed E-state index contributed by atoms with van der Waals surface area (Å²) < 4.78 is 11.1. The molecule has 1 aliphatic heterocycles. The van der Waals surface area contributed by atoms with Crippen LogP contribution in [-0.4, -0.2) is 36.2 Å². The lowest BCUT2D eigenvalue weighted by Crippen LogP contribution is -2.55. The van der Waals surface area contributed by atoms with Crippen molar-refractivity contribution < 1.29 is 19.1 Å². The van der Waals surface area contributed by atoms with Crippen molar-refractivity contribution in [3.8, 4) is 0 Å². The van der Waals surface area contributed by atoms with Gasteiger partial charge in [0.2, 0.25) is 0 Å². The van der Waals surface area contributed by atoms with Gasteiger partial charge in [0.1, 0.15) is 11.2 Å². The Morgan fingerprint density at radius 3 is 2.61 bits per heavy atom. The molecule has 0 aromatic heterocycles. The van der Waals surface area contributed by atoms with E-state index in [1.807, 2.05) is 30.3 Å². The van der Waals surface area contributed by atoms with Gasteiger partial charge in [-0.25, -0.2) is 4.79 Å². The van der Waals surface area contributed by atoms with E-state index in [1.165, 1.54) is 0 Å². The van der Waals surface area contributed by atoms with Gasteiger partial charge in [0.15, 0.2) is 6.29 Å². The first-order valence-corrected chi connectivity index (χ1v) is 7.98. The summed E-state index contributed by atoms with van der Waals surface area (Å²) >= 11 is 0. The molecule has 1 amide bonds. The van der Waals surface area contributed by atoms with Gasteiger partial charge in [0.25, 0.3) is 0 Å². The van der Waals surface area contributed by atoms with Gasteiger partial charge in [-0.2, -0.15) is 0 Å². The van der Waals surface area contributed by atoms with Gasteiger partial charge in [0, 0.05) is 6.61 Å². The maximum atomic E-state index is 12.2. The second-order valence-electron chi connectivity index (χ2n) is 6.91. The predicted molar refractivity (Wildman–Crippen MR) is 87.3 cm³/mol. The molecule has 1 aliphatic rings. The van der Waals surface area contributed by atoms with Crippen LogP contribution in [0, 0.1) is 0 Å². The summed E-state index contributed by atoms with van der Waals surface area (Å²) in [5.74, 6) is 0. The number of hydrogen-bond donors (Lipinski definition) is 1. The summed E-state index contributed by atoms with van der Waals surface area (Å²) in [5.41, 5.74) is -0.538. The molecule has 0 bridgehead atoms. The van der Waals surface area contributed by atoms with Crippen LogP contribution >= 0.6 is 0 Å². The highest BCUT2D eigenvalue weighted by atomic mass is 16.6. The average molecular weight is 319 g/mol. The molecule has 2 atom stereocenters. The number of hydrogen-bond acceptors (Lipinski definition) is 4. The van der Waals surface area contributed by atoms with Crippen molar-refractivity contribution in [2.75, 3.05) is 6.61 Å². The Hall–Kier alpha value is -1.88. The van der Waals surface area contributed by atoms with Crippen molar-refractivity contribution in [1.29, 1.82) is 0 Å². The number of aldehydes is 1. The second-order valence-corrected chi connectivity index (χ2v) is 6.91. The first-order chi connectivity index (χ1) is 10.8. The van der Waals surface area contributed by atoms with Crippen LogP contribution in [-0.2, 0) is 20.7 Å². The van der Waals surface area contributed by atoms with Crippen LogP contribution < -0.4 is 5.32 Å². The van der Waals surface area contributed by atoms with E-state index < -0.39 is 23.3 Å². The fourth-order valence-corrected chi connectivity index (χ4v) is 2.78. The lowest BCUT2D eigenvalue weighted by atomic mass is 9.88. The quantitative estimate of drug-likeness (QED) is 0.848. The zero-order valence-corrected chi connectivity index (χ0v) is 14.0. The SMILES string of the molecule is CC(C)(C)OC(=O)N[C@@H](Cc1ccccc1)[C@]1(C=O)CCCO1. The molecule has 0 spiro atoms. The van der Waals surface area contributed by atoms with Crippen LogP contribution in [0.15, 0.2) is 30.3 Å². The summed E-state index contributed by atoms with van der Waals surface area (Å²) in [6.07, 6.45) is 2.21. The molecule has 1 aromatic carbocycles. The monoisotopic (exact) mass is 319 g/mol. The third kappa shape index (κ3) is 4.79. The fourth-order valence-electron chi connectivity index (χ4n) is 2.78. The van der Waals surface area contributed by atoms with Gasteiger partial charge in [0.05, 0.1) is 6.04 Å². The topological polar surface area (TPSA) is 64.6 Å². The van der Waals surface area contributed by atoms with Crippen molar-refractivity contribution in [2.24, 2.45) is 0 Å². The largest absolute Gasteiger partial charge is 0.444 e. The predicted octanol–water partition coefficient (Wildman–Crippen LogP) is 2.87. The molecule has 1 heterocycles. The molecule has 1 N–H and O–H groups in total. The molecule has 1 saturated heterocycles. The number of carbonyl (C=O) groups excluding carboxylic acids is 2. The van der Waals surface area contributed by atoms with E-state index >= 15 is 0 Å². The molecule has 126 valence electrons. The molecule has 0 radical (unpaired) electrons. The molecular formula is C18H25NO4. The summed E-state index contributed by atoms with van der Waals surface area (Å²) in [6.45, 7) is 5.95. The number of ether oxygens (including phenoxy) is 2. The number of rotatable bonds is 5. The van der Waals surface area contributed by atoms with E-state index in [0.29, 0.717) is 19.4 Å². The molecule has 1 fully saturated rings. The van der Waals surface area contributed by atoms with Crippen molar-refractivity contribution in [1.82, 2.24) is 5.32 Å². The first kappa shape index (κ1) is 17.5. The van der Waals surface area contributed by atoms with Gasteiger partial charge < -0.3 is 19.6 Å². The van der Waals surface area contributed by atoms with Gasteiger partial charge in [-0.15, -0.1) is 0 Å². The Bertz CT molecular complexity index is 530. The van der Waals surface area contributed by atoms with E-state index in [-0.39, 0.29) is 0 Å². The van der Waals surface area contributed by atoms with Gasteiger partial charge >= 0.3 is 6.09 Å². The number of nitrogens with one attached hydrogen (secondary N) is 1. The van der Waals surface area contributed by atoms with E-state index in [2.05, 4.69) is 5.32 Å². The van der Waals surface area contributed by atoms with Crippen LogP contribution in [0.2, 0.25) is 0 Å².